The average molecular weight is 204 g/mol. The average Bonchev–Trinajstić information content (AvgIpc) is 2.30. The van der Waals surface area contributed by atoms with E-state index in [4.69, 9.17) is 0 Å². The highest BCUT2D eigenvalue weighted by Gasteiger charge is 2.21. The van der Waals surface area contributed by atoms with Crippen LogP contribution in [0.4, 0.5) is 0 Å². The maximum absolute atomic E-state index is 11.1. The van der Waals surface area contributed by atoms with Crippen LogP contribution < -0.4 is 0 Å². The molecule has 1 unspecified atom stereocenters. The third kappa shape index (κ3) is 2.42. The van der Waals surface area contributed by atoms with E-state index < -0.39 is 0 Å². The van der Waals surface area contributed by atoms with Crippen LogP contribution in [0.2, 0.25) is 0 Å². The molecule has 1 atom stereocenters. The molecule has 2 rings (SSSR count). The first-order valence-electron chi connectivity index (χ1n) is 5.43. The first-order chi connectivity index (χ1) is 7.27. The van der Waals surface area contributed by atoms with Crippen molar-refractivity contribution in [2.75, 3.05) is 13.1 Å². The molecule has 0 saturated carbocycles. The molecule has 0 N–H and O–H groups in total. The lowest BCUT2D eigenvalue weighted by atomic mass is 10.0. The van der Waals surface area contributed by atoms with Crippen LogP contribution in [0.3, 0.4) is 0 Å². The highest BCUT2D eigenvalue weighted by molar-refractivity contribution is 5.79. The normalized spacial score (nSPS) is 20.2. The topological polar surface area (TPSA) is 33.2 Å². The number of hydrogen-bond acceptors (Lipinski definition) is 3. The van der Waals surface area contributed by atoms with Gasteiger partial charge in [0.2, 0.25) is 0 Å². The molecular weight excluding hydrogens is 188 g/mol. The summed E-state index contributed by atoms with van der Waals surface area (Å²) in [5.41, 5.74) is 1.23. The van der Waals surface area contributed by atoms with Crippen LogP contribution in [-0.4, -0.2) is 28.8 Å². The van der Waals surface area contributed by atoms with Crippen molar-refractivity contribution in [3.63, 3.8) is 0 Å². The number of likely N-dealkylation sites (tertiary alicyclic amines) is 1. The summed E-state index contributed by atoms with van der Waals surface area (Å²) in [4.78, 5) is 17.6. The number of piperidine rings is 1. The Kier molecular flexibility index (Phi) is 3.11. The molecule has 1 saturated heterocycles. The van der Waals surface area contributed by atoms with Crippen molar-refractivity contribution in [3.8, 4) is 0 Å². The van der Waals surface area contributed by atoms with E-state index in [0.29, 0.717) is 24.7 Å². The molecule has 80 valence electrons. The lowest BCUT2D eigenvalue weighted by Gasteiger charge is -2.31. The van der Waals surface area contributed by atoms with Gasteiger partial charge in [-0.15, -0.1) is 0 Å². The Balaban J connectivity index is 2.02. The fourth-order valence-corrected chi connectivity index (χ4v) is 1.99. The van der Waals surface area contributed by atoms with Crippen LogP contribution in [0.25, 0.3) is 0 Å². The smallest absolute Gasteiger partial charge is 0.135 e. The molecule has 1 aliphatic heterocycles. The Morgan fingerprint density at radius 1 is 1.40 bits per heavy atom. The second-order valence-electron chi connectivity index (χ2n) is 4.04. The first kappa shape index (κ1) is 10.3. The van der Waals surface area contributed by atoms with Gasteiger partial charge in [-0.3, -0.25) is 14.7 Å². The van der Waals surface area contributed by atoms with E-state index in [1.54, 1.807) is 6.20 Å². The van der Waals surface area contributed by atoms with Gasteiger partial charge in [-0.05, 0) is 18.6 Å². The molecule has 0 spiro atoms. The SMILES string of the molecule is CC(c1cccnc1)N1CCC(=O)CC1. The summed E-state index contributed by atoms with van der Waals surface area (Å²) in [7, 11) is 0. The summed E-state index contributed by atoms with van der Waals surface area (Å²) >= 11 is 0. The number of rotatable bonds is 2. The van der Waals surface area contributed by atoms with Gasteiger partial charge in [-0.2, -0.15) is 0 Å². The van der Waals surface area contributed by atoms with E-state index in [9.17, 15) is 4.79 Å². The lowest BCUT2D eigenvalue weighted by molar-refractivity contribution is -0.121. The highest BCUT2D eigenvalue weighted by Crippen LogP contribution is 2.21. The lowest BCUT2D eigenvalue weighted by Crippen LogP contribution is -2.35. The molecule has 15 heavy (non-hydrogen) atoms. The molecule has 1 aliphatic rings. The summed E-state index contributed by atoms with van der Waals surface area (Å²) in [6, 6.07) is 4.42. The van der Waals surface area contributed by atoms with Gasteiger partial charge in [0.25, 0.3) is 0 Å². The maximum Gasteiger partial charge on any atom is 0.135 e. The van der Waals surface area contributed by atoms with Gasteiger partial charge in [-0.25, -0.2) is 0 Å². The second kappa shape index (κ2) is 4.53. The van der Waals surface area contributed by atoms with Gasteiger partial charge >= 0.3 is 0 Å². The van der Waals surface area contributed by atoms with Gasteiger partial charge in [0.15, 0.2) is 0 Å². The Morgan fingerprint density at radius 3 is 2.73 bits per heavy atom. The predicted octanol–water partition coefficient (Wildman–Crippen LogP) is 1.81. The van der Waals surface area contributed by atoms with Crippen molar-refractivity contribution in [2.45, 2.75) is 25.8 Å². The quantitative estimate of drug-likeness (QED) is 0.736. The molecular formula is C12H16N2O. The molecule has 1 aromatic rings. The Hall–Kier alpha value is -1.22. The zero-order valence-corrected chi connectivity index (χ0v) is 9.02. The van der Waals surface area contributed by atoms with Gasteiger partial charge in [-0.1, -0.05) is 6.07 Å². The van der Waals surface area contributed by atoms with Crippen molar-refractivity contribution in [2.24, 2.45) is 0 Å². The number of pyridine rings is 1. The zero-order chi connectivity index (χ0) is 10.7. The highest BCUT2D eigenvalue weighted by atomic mass is 16.1. The van der Waals surface area contributed by atoms with Crippen LogP contribution in [0.15, 0.2) is 24.5 Å². The summed E-state index contributed by atoms with van der Waals surface area (Å²) in [6.45, 7) is 3.94. The molecule has 0 aliphatic carbocycles. The maximum atomic E-state index is 11.1. The Bertz CT molecular complexity index is 327. The number of hydrogen-bond donors (Lipinski definition) is 0. The Morgan fingerprint density at radius 2 is 2.13 bits per heavy atom. The van der Waals surface area contributed by atoms with Gasteiger partial charge in [0.05, 0.1) is 0 Å². The van der Waals surface area contributed by atoms with E-state index in [2.05, 4.69) is 22.9 Å². The van der Waals surface area contributed by atoms with Crippen LogP contribution in [0.1, 0.15) is 31.4 Å². The van der Waals surface area contributed by atoms with E-state index in [1.807, 2.05) is 12.3 Å². The molecule has 0 aromatic carbocycles. The molecule has 3 nitrogen and oxygen atoms in total. The van der Waals surface area contributed by atoms with E-state index in [0.717, 1.165) is 13.1 Å². The largest absolute Gasteiger partial charge is 0.300 e. The van der Waals surface area contributed by atoms with Crippen molar-refractivity contribution in [1.82, 2.24) is 9.88 Å². The fourth-order valence-electron chi connectivity index (χ4n) is 1.99. The monoisotopic (exact) mass is 204 g/mol. The number of carbonyl (C=O) groups is 1. The van der Waals surface area contributed by atoms with Crippen molar-refractivity contribution < 1.29 is 4.79 Å². The van der Waals surface area contributed by atoms with Crippen LogP contribution in [0.5, 0.6) is 0 Å². The number of ketones is 1. The van der Waals surface area contributed by atoms with Crippen molar-refractivity contribution in [1.29, 1.82) is 0 Å². The van der Waals surface area contributed by atoms with Crippen LogP contribution >= 0.6 is 0 Å². The molecule has 0 bridgehead atoms. The minimum Gasteiger partial charge on any atom is -0.300 e. The van der Waals surface area contributed by atoms with E-state index in [1.165, 1.54) is 5.56 Å². The second-order valence-corrected chi connectivity index (χ2v) is 4.04. The minimum absolute atomic E-state index is 0.367. The summed E-state index contributed by atoms with van der Waals surface area (Å²) in [6.07, 6.45) is 5.09. The van der Waals surface area contributed by atoms with Gasteiger partial charge in [0, 0.05) is 44.4 Å². The minimum atomic E-state index is 0.367. The molecule has 0 amide bonds. The van der Waals surface area contributed by atoms with E-state index >= 15 is 0 Å². The number of Topliss-reactive ketones (excluding diaryl/α,β-unsaturated/α-hetero) is 1. The van der Waals surface area contributed by atoms with Crippen molar-refractivity contribution >= 4 is 5.78 Å². The molecule has 3 heteroatoms. The van der Waals surface area contributed by atoms with Gasteiger partial charge in [0.1, 0.15) is 5.78 Å². The van der Waals surface area contributed by atoms with Gasteiger partial charge < -0.3 is 0 Å². The number of nitrogens with zero attached hydrogens (tertiary/aromatic N) is 2. The van der Waals surface area contributed by atoms with E-state index in [-0.39, 0.29) is 0 Å². The number of aromatic nitrogens is 1. The number of carbonyl (C=O) groups excluding carboxylic acids is 1. The fraction of sp³-hybridized carbons (Fsp3) is 0.500. The summed E-state index contributed by atoms with van der Waals surface area (Å²) in [5.74, 6) is 0.393. The standard InChI is InChI=1S/C12H16N2O/c1-10(11-3-2-6-13-9-11)14-7-4-12(15)5-8-14/h2-3,6,9-10H,4-5,7-8H2,1H3. The first-order valence-corrected chi connectivity index (χ1v) is 5.43. The molecule has 1 fully saturated rings. The van der Waals surface area contributed by atoms with Crippen LogP contribution in [0, 0.1) is 0 Å². The van der Waals surface area contributed by atoms with Crippen molar-refractivity contribution in [3.05, 3.63) is 30.1 Å². The molecule has 1 aromatic heterocycles. The Labute approximate surface area is 90.1 Å². The predicted molar refractivity (Wildman–Crippen MR) is 58.5 cm³/mol. The molecule has 2 heterocycles. The molecule has 0 radical (unpaired) electrons. The summed E-state index contributed by atoms with van der Waals surface area (Å²) in [5, 5.41) is 0. The third-order valence-electron chi connectivity index (χ3n) is 3.07. The van der Waals surface area contributed by atoms with Crippen LogP contribution in [-0.2, 0) is 4.79 Å². The zero-order valence-electron chi connectivity index (χ0n) is 9.02. The third-order valence-corrected chi connectivity index (χ3v) is 3.07. The summed E-state index contributed by atoms with van der Waals surface area (Å²) < 4.78 is 0.